The van der Waals surface area contributed by atoms with Gasteiger partial charge in [0.15, 0.2) is 5.82 Å². The molecule has 5 rings (SSSR count). The van der Waals surface area contributed by atoms with Gasteiger partial charge in [0.05, 0.1) is 48.2 Å². The van der Waals surface area contributed by atoms with Gasteiger partial charge in [0.1, 0.15) is 28.8 Å². The molecule has 2 atom stereocenters. The maximum absolute atomic E-state index is 16.1. The third-order valence-electron chi connectivity index (χ3n) is 7.04. The first-order chi connectivity index (χ1) is 19.2. The Morgan fingerprint density at radius 1 is 1.20 bits per heavy atom. The number of ether oxygens (including phenoxy) is 1. The van der Waals surface area contributed by atoms with Gasteiger partial charge in [-0.2, -0.15) is 5.26 Å². The molecule has 0 radical (unpaired) electrons. The molecule has 0 N–H and O–H groups in total. The first-order valence-electron chi connectivity index (χ1n) is 12.2. The third kappa shape index (κ3) is 4.12. The van der Waals surface area contributed by atoms with Crippen LogP contribution in [0.3, 0.4) is 0 Å². The highest BCUT2D eigenvalue weighted by Crippen LogP contribution is 2.44. The number of carbonyl (C=O) groups excluding carboxylic acids is 3. The summed E-state index contributed by atoms with van der Waals surface area (Å²) in [5.74, 6) is -3.66. The summed E-state index contributed by atoms with van der Waals surface area (Å²) in [6.07, 6.45) is 4.67. The number of nitrogens with zero attached hydrogens (tertiary/aromatic N) is 6. The topological polar surface area (TPSA) is 120 Å². The highest BCUT2D eigenvalue weighted by molar-refractivity contribution is 6.12. The molecule has 1 aromatic carbocycles. The summed E-state index contributed by atoms with van der Waals surface area (Å²) in [4.78, 5) is 50.7. The van der Waals surface area contributed by atoms with E-state index in [1.807, 2.05) is 0 Å². The molecule has 2 unspecified atom stereocenters. The van der Waals surface area contributed by atoms with Crippen molar-refractivity contribution in [2.75, 3.05) is 29.9 Å². The number of halogens is 2. The van der Waals surface area contributed by atoms with Crippen molar-refractivity contribution >= 4 is 40.1 Å². The lowest BCUT2D eigenvalue weighted by atomic mass is 9.97. The second-order valence-electron chi connectivity index (χ2n) is 9.19. The van der Waals surface area contributed by atoms with Gasteiger partial charge < -0.3 is 19.4 Å². The number of carbonyl (C=O) groups is 3. The van der Waals surface area contributed by atoms with Crippen molar-refractivity contribution in [2.45, 2.75) is 18.5 Å². The summed E-state index contributed by atoms with van der Waals surface area (Å²) < 4.78 is 36.1. The molecular weight excluding hydrogens is 522 g/mol. The lowest BCUT2D eigenvalue weighted by Crippen LogP contribution is -2.66. The van der Waals surface area contributed by atoms with Crippen LogP contribution in [0.25, 0.3) is 22.2 Å². The highest BCUT2D eigenvalue weighted by Gasteiger charge is 2.45. The molecule has 2 aromatic heterocycles. The Labute approximate surface area is 227 Å². The zero-order valence-corrected chi connectivity index (χ0v) is 21.3. The molecule has 10 nitrogen and oxygen atoms in total. The quantitative estimate of drug-likeness (QED) is 0.273. The van der Waals surface area contributed by atoms with Crippen molar-refractivity contribution in [3.63, 3.8) is 0 Å². The fourth-order valence-corrected chi connectivity index (χ4v) is 5.15. The normalized spacial score (nSPS) is 18.1. The standard InChI is InChI=1S/C28H22F2N6O4/c1-4-21(37)35-14-19-28(39)34(3)18-12-33-25-16(27(18)36(19)13-15(35)9-10-31)11-32-26(24(25)30)23-17(29)7-6-8-20(23)40-22(38)5-2/h4-8,11-12,15,19H,1-2,9,13-14H2,3H3. The van der Waals surface area contributed by atoms with Crippen LogP contribution in [-0.4, -0.2) is 64.9 Å². The zero-order chi connectivity index (χ0) is 28.7. The average molecular weight is 545 g/mol. The van der Waals surface area contributed by atoms with Gasteiger partial charge in [-0.3, -0.25) is 19.6 Å². The van der Waals surface area contributed by atoms with Gasteiger partial charge in [-0.05, 0) is 18.2 Å². The summed E-state index contributed by atoms with van der Waals surface area (Å²) in [5, 5.41) is 9.63. The summed E-state index contributed by atoms with van der Waals surface area (Å²) in [5.41, 5.74) is -0.127. The average Bonchev–Trinajstić information content (AvgIpc) is 2.95. The molecule has 1 saturated heterocycles. The number of benzene rings is 1. The summed E-state index contributed by atoms with van der Waals surface area (Å²) in [7, 11) is 1.55. The van der Waals surface area contributed by atoms with Crippen LogP contribution in [0.1, 0.15) is 6.42 Å². The highest BCUT2D eigenvalue weighted by atomic mass is 19.1. The zero-order valence-electron chi connectivity index (χ0n) is 21.3. The summed E-state index contributed by atoms with van der Waals surface area (Å²) in [6, 6.07) is 4.38. The van der Waals surface area contributed by atoms with Crippen LogP contribution in [-0.2, 0) is 14.4 Å². The minimum absolute atomic E-state index is 0.00142. The Morgan fingerprint density at radius 2 is 1.98 bits per heavy atom. The number of anilines is 2. The van der Waals surface area contributed by atoms with Crippen LogP contribution in [0.5, 0.6) is 5.75 Å². The van der Waals surface area contributed by atoms with Crippen LogP contribution in [0, 0.1) is 23.0 Å². The maximum Gasteiger partial charge on any atom is 0.335 e. The number of hydrogen-bond acceptors (Lipinski definition) is 8. The molecule has 2 aliphatic heterocycles. The predicted molar refractivity (Wildman–Crippen MR) is 141 cm³/mol. The van der Waals surface area contributed by atoms with Gasteiger partial charge in [-0.1, -0.05) is 19.2 Å². The minimum Gasteiger partial charge on any atom is -0.423 e. The van der Waals surface area contributed by atoms with Crippen molar-refractivity contribution in [2.24, 2.45) is 0 Å². The molecule has 12 heteroatoms. The Morgan fingerprint density at radius 3 is 2.67 bits per heavy atom. The van der Waals surface area contributed by atoms with Crippen molar-refractivity contribution in [1.82, 2.24) is 14.9 Å². The number of hydrogen-bond donors (Lipinski definition) is 0. The second kappa shape index (κ2) is 10.2. The van der Waals surface area contributed by atoms with E-state index >= 15 is 4.39 Å². The van der Waals surface area contributed by atoms with Gasteiger partial charge in [0.2, 0.25) is 5.91 Å². The Hall–Kier alpha value is -5.18. The number of amides is 2. The van der Waals surface area contributed by atoms with Gasteiger partial charge in [-0.15, -0.1) is 0 Å². The van der Waals surface area contributed by atoms with E-state index in [9.17, 15) is 24.0 Å². The van der Waals surface area contributed by atoms with Crippen LogP contribution >= 0.6 is 0 Å². The summed E-state index contributed by atoms with van der Waals surface area (Å²) >= 11 is 0. The number of piperazine rings is 1. The van der Waals surface area contributed by atoms with Crippen LogP contribution in [0.2, 0.25) is 0 Å². The van der Waals surface area contributed by atoms with E-state index in [-0.39, 0.29) is 47.6 Å². The van der Waals surface area contributed by atoms with Gasteiger partial charge in [-0.25, -0.2) is 13.6 Å². The van der Waals surface area contributed by atoms with Gasteiger partial charge >= 0.3 is 5.97 Å². The molecule has 0 saturated carbocycles. The Kier molecular flexibility index (Phi) is 6.73. The Balaban J connectivity index is 1.68. The van der Waals surface area contributed by atoms with Gasteiger partial charge in [0, 0.05) is 31.3 Å². The largest absolute Gasteiger partial charge is 0.423 e. The van der Waals surface area contributed by atoms with Crippen molar-refractivity contribution < 1.29 is 27.9 Å². The first kappa shape index (κ1) is 26.4. The second-order valence-corrected chi connectivity index (χ2v) is 9.19. The SMILES string of the molecule is C=CC(=O)Oc1cccc(F)c1-c1ncc2c3c(cnc2c1F)N(C)C(=O)C1CN(C(=O)C=C)C(CC#N)CN31. The molecule has 0 aliphatic carbocycles. The fraction of sp³-hybridized carbons (Fsp3) is 0.214. The molecule has 40 heavy (non-hydrogen) atoms. The number of aromatic nitrogens is 2. The van der Waals surface area contributed by atoms with Crippen LogP contribution in [0.15, 0.2) is 55.9 Å². The number of fused-ring (bicyclic) bond motifs is 5. The van der Waals surface area contributed by atoms with Crippen molar-refractivity contribution in [1.29, 1.82) is 5.26 Å². The molecule has 1 fully saturated rings. The number of esters is 1. The molecular formula is C28H22F2N6O4. The molecule has 202 valence electrons. The lowest BCUT2D eigenvalue weighted by molar-refractivity contribution is -0.131. The van der Waals surface area contributed by atoms with Crippen LogP contribution < -0.4 is 14.5 Å². The smallest absolute Gasteiger partial charge is 0.335 e. The van der Waals surface area contributed by atoms with Gasteiger partial charge in [0.25, 0.3) is 5.91 Å². The summed E-state index contributed by atoms with van der Waals surface area (Å²) in [6.45, 7) is 6.94. The van der Waals surface area contributed by atoms with Crippen LogP contribution in [0.4, 0.5) is 20.2 Å². The molecule has 2 amide bonds. The maximum atomic E-state index is 16.1. The monoisotopic (exact) mass is 544 g/mol. The number of likely N-dealkylation sites (N-methyl/N-ethyl adjacent to an activating group) is 1. The number of rotatable bonds is 5. The predicted octanol–water partition coefficient (Wildman–Crippen LogP) is 3.13. The van der Waals surface area contributed by atoms with E-state index in [0.717, 1.165) is 18.2 Å². The van der Waals surface area contributed by atoms with Crippen molar-refractivity contribution in [3.8, 4) is 23.1 Å². The van der Waals surface area contributed by atoms with E-state index in [1.165, 1.54) is 34.3 Å². The van der Waals surface area contributed by atoms with E-state index in [1.54, 1.807) is 11.9 Å². The third-order valence-corrected chi connectivity index (χ3v) is 7.04. The van der Waals surface area contributed by atoms with E-state index in [2.05, 4.69) is 29.2 Å². The molecule has 2 aliphatic rings. The minimum atomic E-state index is -0.966. The fourth-order valence-electron chi connectivity index (χ4n) is 5.15. The molecule has 4 heterocycles. The van der Waals surface area contributed by atoms with E-state index in [0.29, 0.717) is 11.4 Å². The first-order valence-corrected chi connectivity index (χ1v) is 12.2. The van der Waals surface area contributed by atoms with E-state index < -0.39 is 41.3 Å². The van der Waals surface area contributed by atoms with Crippen molar-refractivity contribution in [3.05, 3.63) is 67.5 Å². The Bertz CT molecular complexity index is 1650. The lowest BCUT2D eigenvalue weighted by Gasteiger charge is -2.50. The number of nitriles is 1. The molecule has 0 bridgehead atoms. The molecule has 3 aromatic rings. The molecule has 0 spiro atoms. The van der Waals surface area contributed by atoms with E-state index in [4.69, 9.17) is 4.74 Å². The number of pyridine rings is 2.